The lowest BCUT2D eigenvalue weighted by molar-refractivity contribution is 0.327. The maximum absolute atomic E-state index is 5.58. The Balaban J connectivity index is 0.000000810. The highest BCUT2D eigenvalue weighted by Gasteiger charge is 2.28. The van der Waals surface area contributed by atoms with Crippen LogP contribution in [0.25, 0.3) is 0 Å². The van der Waals surface area contributed by atoms with Crippen LogP contribution >= 0.6 is 12.4 Å². The molecule has 2 heteroatoms. The van der Waals surface area contributed by atoms with Crippen molar-refractivity contribution in [3.63, 3.8) is 0 Å². The second-order valence-corrected chi connectivity index (χ2v) is 4.02. The first-order valence-corrected chi connectivity index (χ1v) is 3.84. The largest absolute Gasteiger partial charge is 0.330 e. The fourth-order valence-corrected chi connectivity index (χ4v) is 1.19. The van der Waals surface area contributed by atoms with Crippen LogP contribution in [0.15, 0.2) is 0 Å². The average Bonchev–Trinajstić information content (AvgIpc) is 2.50. The van der Waals surface area contributed by atoms with Crippen LogP contribution in [0.5, 0.6) is 0 Å². The third-order valence-corrected chi connectivity index (χ3v) is 2.09. The molecule has 0 aromatic carbocycles. The highest BCUT2D eigenvalue weighted by atomic mass is 35.5. The van der Waals surface area contributed by atoms with E-state index in [1.165, 1.54) is 19.3 Å². The van der Waals surface area contributed by atoms with Crippen LogP contribution in [0.3, 0.4) is 0 Å². The zero-order chi connectivity index (χ0) is 6.91. The van der Waals surface area contributed by atoms with Gasteiger partial charge in [0, 0.05) is 0 Å². The Morgan fingerprint density at radius 1 is 1.40 bits per heavy atom. The minimum absolute atomic E-state index is 0. The quantitative estimate of drug-likeness (QED) is 0.679. The Labute approximate surface area is 69.8 Å². The summed E-state index contributed by atoms with van der Waals surface area (Å²) in [6.45, 7) is 5.35. The standard InChI is InChI=1S/C8H17N.ClH/c1-8(2,6-9)5-7-3-4-7;/h7H,3-6,9H2,1-2H3;1H. The van der Waals surface area contributed by atoms with Crippen LogP contribution in [0, 0.1) is 11.3 Å². The van der Waals surface area contributed by atoms with Crippen molar-refractivity contribution in [2.75, 3.05) is 6.54 Å². The van der Waals surface area contributed by atoms with Gasteiger partial charge in [-0.05, 0) is 24.3 Å². The topological polar surface area (TPSA) is 26.0 Å². The van der Waals surface area contributed by atoms with Crippen molar-refractivity contribution in [1.82, 2.24) is 0 Å². The van der Waals surface area contributed by atoms with Crippen LogP contribution in [0.1, 0.15) is 33.1 Å². The third-order valence-electron chi connectivity index (χ3n) is 2.09. The monoisotopic (exact) mass is 163 g/mol. The van der Waals surface area contributed by atoms with Gasteiger partial charge in [0.05, 0.1) is 0 Å². The maximum Gasteiger partial charge on any atom is -0.00257 e. The lowest BCUT2D eigenvalue weighted by Gasteiger charge is -2.21. The molecule has 0 amide bonds. The first kappa shape index (κ1) is 10.2. The molecule has 0 saturated heterocycles. The van der Waals surface area contributed by atoms with E-state index < -0.39 is 0 Å². The van der Waals surface area contributed by atoms with Gasteiger partial charge in [0.25, 0.3) is 0 Å². The van der Waals surface area contributed by atoms with E-state index in [1.54, 1.807) is 0 Å². The molecule has 0 aromatic heterocycles. The molecule has 0 heterocycles. The van der Waals surface area contributed by atoms with Gasteiger partial charge in [-0.15, -0.1) is 12.4 Å². The van der Waals surface area contributed by atoms with E-state index in [9.17, 15) is 0 Å². The third kappa shape index (κ3) is 3.43. The molecule has 1 fully saturated rings. The van der Waals surface area contributed by atoms with Gasteiger partial charge >= 0.3 is 0 Å². The first-order chi connectivity index (χ1) is 4.14. The van der Waals surface area contributed by atoms with E-state index in [2.05, 4.69) is 13.8 Å². The highest BCUT2D eigenvalue weighted by molar-refractivity contribution is 5.85. The molecule has 1 nitrogen and oxygen atoms in total. The van der Waals surface area contributed by atoms with Crippen molar-refractivity contribution in [3.8, 4) is 0 Å². The minimum Gasteiger partial charge on any atom is -0.330 e. The molecule has 10 heavy (non-hydrogen) atoms. The van der Waals surface area contributed by atoms with E-state index in [0.717, 1.165) is 12.5 Å². The summed E-state index contributed by atoms with van der Waals surface area (Å²) in [7, 11) is 0. The zero-order valence-corrected chi connectivity index (χ0v) is 7.71. The molecule has 0 spiro atoms. The van der Waals surface area contributed by atoms with Crippen molar-refractivity contribution in [2.45, 2.75) is 33.1 Å². The van der Waals surface area contributed by atoms with Crippen molar-refractivity contribution in [1.29, 1.82) is 0 Å². The summed E-state index contributed by atoms with van der Waals surface area (Å²) in [5, 5.41) is 0. The Hall–Kier alpha value is 0.250. The van der Waals surface area contributed by atoms with Gasteiger partial charge in [-0.2, -0.15) is 0 Å². The smallest absolute Gasteiger partial charge is 0.00257 e. The molecule has 1 saturated carbocycles. The summed E-state index contributed by atoms with van der Waals surface area (Å²) >= 11 is 0. The molecule has 0 aromatic rings. The molecule has 0 atom stereocenters. The Bertz CT molecular complexity index is 97.4. The highest BCUT2D eigenvalue weighted by Crippen LogP contribution is 2.39. The van der Waals surface area contributed by atoms with Crippen LogP contribution in [0.4, 0.5) is 0 Å². The van der Waals surface area contributed by atoms with Crippen LogP contribution in [-0.4, -0.2) is 6.54 Å². The maximum atomic E-state index is 5.58. The first-order valence-electron chi connectivity index (χ1n) is 3.84. The predicted molar refractivity (Wildman–Crippen MR) is 47.4 cm³/mol. The van der Waals surface area contributed by atoms with Gasteiger partial charge < -0.3 is 5.73 Å². The van der Waals surface area contributed by atoms with Gasteiger partial charge in [-0.25, -0.2) is 0 Å². The van der Waals surface area contributed by atoms with E-state index in [-0.39, 0.29) is 12.4 Å². The van der Waals surface area contributed by atoms with Crippen molar-refractivity contribution in [2.24, 2.45) is 17.1 Å². The number of rotatable bonds is 3. The Morgan fingerprint density at radius 3 is 2.20 bits per heavy atom. The normalized spacial score (nSPS) is 18.3. The molecule has 0 radical (unpaired) electrons. The van der Waals surface area contributed by atoms with E-state index in [4.69, 9.17) is 5.73 Å². The van der Waals surface area contributed by atoms with Crippen LogP contribution in [-0.2, 0) is 0 Å². The molecule has 1 rings (SSSR count). The molecule has 1 aliphatic rings. The van der Waals surface area contributed by atoms with Gasteiger partial charge in [0.2, 0.25) is 0 Å². The summed E-state index contributed by atoms with van der Waals surface area (Å²) in [5.74, 6) is 1.02. The van der Waals surface area contributed by atoms with Crippen LogP contribution < -0.4 is 5.73 Å². The van der Waals surface area contributed by atoms with E-state index in [0.29, 0.717) is 5.41 Å². The molecule has 1 aliphatic carbocycles. The van der Waals surface area contributed by atoms with Crippen LogP contribution in [0.2, 0.25) is 0 Å². The molecular weight excluding hydrogens is 146 g/mol. The number of hydrogen-bond acceptors (Lipinski definition) is 1. The second-order valence-electron chi connectivity index (χ2n) is 4.02. The van der Waals surface area contributed by atoms with E-state index in [1.807, 2.05) is 0 Å². The SMILES string of the molecule is CC(C)(CN)CC1CC1.Cl. The number of halogens is 1. The molecule has 2 N–H and O–H groups in total. The average molecular weight is 164 g/mol. The Morgan fingerprint density at radius 2 is 1.90 bits per heavy atom. The predicted octanol–water partition coefficient (Wildman–Crippen LogP) is 2.19. The summed E-state index contributed by atoms with van der Waals surface area (Å²) in [6.07, 6.45) is 4.23. The summed E-state index contributed by atoms with van der Waals surface area (Å²) in [5.41, 5.74) is 5.99. The number of nitrogens with two attached hydrogens (primary N) is 1. The van der Waals surface area contributed by atoms with E-state index >= 15 is 0 Å². The summed E-state index contributed by atoms with van der Waals surface area (Å²) in [6, 6.07) is 0. The summed E-state index contributed by atoms with van der Waals surface area (Å²) < 4.78 is 0. The van der Waals surface area contributed by atoms with Gasteiger partial charge in [0.15, 0.2) is 0 Å². The Kier molecular flexibility index (Phi) is 3.68. The van der Waals surface area contributed by atoms with Gasteiger partial charge in [-0.3, -0.25) is 0 Å². The second kappa shape index (κ2) is 3.59. The van der Waals surface area contributed by atoms with Gasteiger partial charge in [-0.1, -0.05) is 26.7 Å². The molecule has 62 valence electrons. The van der Waals surface area contributed by atoms with Gasteiger partial charge in [0.1, 0.15) is 0 Å². The minimum atomic E-state index is 0. The fourth-order valence-electron chi connectivity index (χ4n) is 1.19. The van der Waals surface area contributed by atoms with Crippen molar-refractivity contribution in [3.05, 3.63) is 0 Å². The molecule has 0 aliphatic heterocycles. The zero-order valence-electron chi connectivity index (χ0n) is 6.89. The van der Waals surface area contributed by atoms with Crippen molar-refractivity contribution >= 4 is 12.4 Å². The lowest BCUT2D eigenvalue weighted by Crippen LogP contribution is -2.23. The molecule has 0 unspecified atom stereocenters. The fraction of sp³-hybridized carbons (Fsp3) is 1.00. The van der Waals surface area contributed by atoms with Crippen molar-refractivity contribution < 1.29 is 0 Å². The molecular formula is C8H18ClN. The summed E-state index contributed by atoms with van der Waals surface area (Å²) in [4.78, 5) is 0. The molecule has 0 bridgehead atoms. The number of hydrogen-bond donors (Lipinski definition) is 1. The lowest BCUT2D eigenvalue weighted by atomic mass is 9.87.